The van der Waals surface area contributed by atoms with Crippen LogP contribution in [0.5, 0.6) is 11.5 Å². The fourth-order valence-corrected chi connectivity index (χ4v) is 3.73. The number of nitrogens with zero attached hydrogens (tertiary/aromatic N) is 4. The van der Waals surface area contributed by atoms with E-state index in [-0.39, 0.29) is 24.5 Å². The fraction of sp³-hybridized carbons (Fsp3) is 0.280. The number of benzene rings is 1. The third kappa shape index (κ3) is 5.65. The van der Waals surface area contributed by atoms with Crippen molar-refractivity contribution in [2.75, 3.05) is 31.6 Å². The first-order valence-electron chi connectivity index (χ1n) is 10.9. The molecule has 0 spiro atoms. The number of hydrogen-bond donors (Lipinski definition) is 0. The monoisotopic (exact) mass is 446 g/mol. The van der Waals surface area contributed by atoms with Gasteiger partial charge in [-0.25, -0.2) is 4.98 Å². The summed E-state index contributed by atoms with van der Waals surface area (Å²) in [6.45, 7) is 1.06. The van der Waals surface area contributed by atoms with Gasteiger partial charge in [0, 0.05) is 50.1 Å². The second-order valence-corrected chi connectivity index (χ2v) is 7.69. The number of pyridine rings is 2. The molecule has 0 saturated carbocycles. The molecule has 1 fully saturated rings. The topological polar surface area (TPSA) is 84.9 Å². The Bertz CT molecular complexity index is 1050. The smallest absolute Gasteiger partial charge is 0.259 e. The van der Waals surface area contributed by atoms with Gasteiger partial charge in [0.15, 0.2) is 0 Å². The minimum Gasteiger partial charge on any atom is -0.497 e. The van der Waals surface area contributed by atoms with Crippen LogP contribution in [-0.4, -0.2) is 59.5 Å². The second kappa shape index (κ2) is 10.6. The van der Waals surface area contributed by atoms with E-state index in [2.05, 4.69) is 9.97 Å². The summed E-state index contributed by atoms with van der Waals surface area (Å²) >= 11 is 0. The minimum atomic E-state index is -0.291. The molecule has 1 saturated heterocycles. The predicted octanol–water partition coefficient (Wildman–Crippen LogP) is 3.20. The van der Waals surface area contributed by atoms with Gasteiger partial charge in [-0.15, -0.1) is 0 Å². The van der Waals surface area contributed by atoms with Crippen molar-refractivity contribution < 1.29 is 19.1 Å². The van der Waals surface area contributed by atoms with Crippen LogP contribution in [0.25, 0.3) is 0 Å². The summed E-state index contributed by atoms with van der Waals surface area (Å²) in [5.41, 5.74) is 0.457. The first-order valence-corrected chi connectivity index (χ1v) is 10.9. The van der Waals surface area contributed by atoms with Crippen LogP contribution in [0, 0.1) is 0 Å². The zero-order valence-corrected chi connectivity index (χ0v) is 18.5. The second-order valence-electron chi connectivity index (χ2n) is 7.69. The van der Waals surface area contributed by atoms with Gasteiger partial charge >= 0.3 is 0 Å². The van der Waals surface area contributed by atoms with E-state index in [1.165, 1.54) is 4.90 Å². The standard InChI is InChI=1S/C25H26N4O4/c1-32-20-7-5-19(6-8-20)25(31)29(23-4-2-3-13-27-23)18-24(30)28-16-11-22(12-17-28)33-21-9-14-26-15-10-21/h2-10,13-15,22H,11-12,16-18H2,1H3. The van der Waals surface area contributed by atoms with Crippen LogP contribution in [-0.2, 0) is 4.79 Å². The lowest BCUT2D eigenvalue weighted by Crippen LogP contribution is -2.47. The number of carbonyl (C=O) groups excluding carboxylic acids is 2. The number of rotatable bonds is 7. The Hall–Kier alpha value is -3.94. The number of carbonyl (C=O) groups is 2. The molecule has 1 aromatic carbocycles. The highest BCUT2D eigenvalue weighted by atomic mass is 16.5. The van der Waals surface area contributed by atoms with E-state index in [1.54, 1.807) is 73.1 Å². The highest BCUT2D eigenvalue weighted by Crippen LogP contribution is 2.20. The molecule has 0 radical (unpaired) electrons. The van der Waals surface area contributed by atoms with Gasteiger partial charge in [0.05, 0.1) is 7.11 Å². The highest BCUT2D eigenvalue weighted by molar-refractivity contribution is 6.08. The summed E-state index contributed by atoms with van der Waals surface area (Å²) in [4.78, 5) is 37.9. The summed E-state index contributed by atoms with van der Waals surface area (Å²) in [5.74, 6) is 1.46. The molecule has 2 aromatic heterocycles. The molecule has 0 N–H and O–H groups in total. The third-order valence-electron chi connectivity index (χ3n) is 5.55. The zero-order chi connectivity index (χ0) is 23.0. The van der Waals surface area contributed by atoms with Gasteiger partial charge in [0.2, 0.25) is 5.91 Å². The summed E-state index contributed by atoms with van der Waals surface area (Å²) in [6.07, 6.45) is 6.49. The number of methoxy groups -OCH3 is 1. The lowest BCUT2D eigenvalue weighted by Gasteiger charge is -2.33. The van der Waals surface area contributed by atoms with Crippen molar-refractivity contribution in [3.63, 3.8) is 0 Å². The van der Waals surface area contributed by atoms with Crippen LogP contribution in [0.4, 0.5) is 5.82 Å². The van der Waals surface area contributed by atoms with E-state index in [0.717, 1.165) is 18.6 Å². The fourth-order valence-electron chi connectivity index (χ4n) is 3.73. The number of hydrogen-bond acceptors (Lipinski definition) is 6. The Balaban J connectivity index is 1.42. The summed E-state index contributed by atoms with van der Waals surface area (Å²) in [6, 6.07) is 15.8. The Morgan fingerprint density at radius 2 is 1.70 bits per heavy atom. The van der Waals surface area contributed by atoms with Crippen molar-refractivity contribution in [3.05, 3.63) is 78.8 Å². The van der Waals surface area contributed by atoms with Crippen LogP contribution in [0.15, 0.2) is 73.2 Å². The molecule has 3 heterocycles. The maximum atomic E-state index is 13.3. The van der Waals surface area contributed by atoms with Gasteiger partial charge in [-0.2, -0.15) is 0 Å². The molecule has 0 bridgehead atoms. The maximum absolute atomic E-state index is 13.3. The van der Waals surface area contributed by atoms with Gasteiger partial charge in [-0.1, -0.05) is 6.07 Å². The van der Waals surface area contributed by atoms with Crippen molar-refractivity contribution in [1.82, 2.24) is 14.9 Å². The van der Waals surface area contributed by atoms with Crippen molar-refractivity contribution in [2.45, 2.75) is 18.9 Å². The molecule has 0 atom stereocenters. The summed E-state index contributed by atoms with van der Waals surface area (Å²) < 4.78 is 11.2. The maximum Gasteiger partial charge on any atom is 0.259 e. The number of anilines is 1. The van der Waals surface area contributed by atoms with E-state index < -0.39 is 0 Å². The number of likely N-dealkylation sites (tertiary alicyclic amines) is 1. The SMILES string of the molecule is COc1ccc(C(=O)N(CC(=O)N2CCC(Oc3ccncc3)CC2)c2ccccn2)cc1. The Morgan fingerprint density at radius 1 is 0.970 bits per heavy atom. The van der Waals surface area contributed by atoms with E-state index in [1.807, 2.05) is 12.1 Å². The van der Waals surface area contributed by atoms with Gasteiger partial charge in [0.25, 0.3) is 5.91 Å². The van der Waals surface area contributed by atoms with Crippen molar-refractivity contribution >= 4 is 17.6 Å². The first-order chi connectivity index (χ1) is 16.1. The Labute approximate surface area is 192 Å². The molecule has 8 nitrogen and oxygen atoms in total. The van der Waals surface area contributed by atoms with Crippen molar-refractivity contribution in [3.8, 4) is 11.5 Å². The molecule has 33 heavy (non-hydrogen) atoms. The Morgan fingerprint density at radius 3 is 2.33 bits per heavy atom. The van der Waals surface area contributed by atoms with Gasteiger partial charge in [-0.3, -0.25) is 19.5 Å². The number of ether oxygens (including phenoxy) is 2. The third-order valence-corrected chi connectivity index (χ3v) is 5.55. The molecule has 1 aliphatic heterocycles. The average molecular weight is 447 g/mol. The predicted molar refractivity (Wildman–Crippen MR) is 123 cm³/mol. The first kappa shape index (κ1) is 22.3. The number of aromatic nitrogens is 2. The van der Waals surface area contributed by atoms with Crippen LogP contribution in [0.1, 0.15) is 23.2 Å². The number of amides is 2. The van der Waals surface area contributed by atoms with Crippen LogP contribution < -0.4 is 14.4 Å². The quantitative estimate of drug-likeness (QED) is 0.554. The van der Waals surface area contributed by atoms with E-state index in [4.69, 9.17) is 9.47 Å². The molecule has 170 valence electrons. The molecule has 0 aliphatic carbocycles. The van der Waals surface area contributed by atoms with E-state index in [0.29, 0.717) is 30.2 Å². The molecular formula is C25H26N4O4. The molecule has 8 heteroatoms. The lowest BCUT2D eigenvalue weighted by atomic mass is 10.1. The van der Waals surface area contributed by atoms with Crippen molar-refractivity contribution in [2.24, 2.45) is 0 Å². The minimum absolute atomic E-state index is 0.0456. The molecule has 3 aromatic rings. The van der Waals surface area contributed by atoms with Crippen LogP contribution >= 0.6 is 0 Å². The Kier molecular flexibility index (Phi) is 7.14. The van der Waals surface area contributed by atoms with E-state index >= 15 is 0 Å². The molecule has 1 aliphatic rings. The van der Waals surface area contributed by atoms with Crippen LogP contribution in [0.2, 0.25) is 0 Å². The molecule has 0 unspecified atom stereocenters. The van der Waals surface area contributed by atoms with Crippen molar-refractivity contribution in [1.29, 1.82) is 0 Å². The average Bonchev–Trinajstić information content (AvgIpc) is 2.88. The zero-order valence-electron chi connectivity index (χ0n) is 18.5. The van der Waals surface area contributed by atoms with Crippen LogP contribution in [0.3, 0.4) is 0 Å². The summed E-state index contributed by atoms with van der Waals surface area (Å²) in [5, 5.41) is 0. The van der Waals surface area contributed by atoms with Gasteiger partial charge in [0.1, 0.15) is 30.0 Å². The molecule has 2 amide bonds. The normalized spacial score (nSPS) is 13.9. The molecule has 4 rings (SSSR count). The summed E-state index contributed by atoms with van der Waals surface area (Å²) in [7, 11) is 1.57. The molecular weight excluding hydrogens is 420 g/mol. The van der Waals surface area contributed by atoms with E-state index in [9.17, 15) is 9.59 Å². The van der Waals surface area contributed by atoms with Gasteiger partial charge in [-0.05, 0) is 48.5 Å². The number of piperidine rings is 1. The van der Waals surface area contributed by atoms with Gasteiger partial charge < -0.3 is 14.4 Å². The largest absolute Gasteiger partial charge is 0.497 e. The highest BCUT2D eigenvalue weighted by Gasteiger charge is 2.28. The lowest BCUT2D eigenvalue weighted by molar-refractivity contribution is -0.131.